The van der Waals surface area contributed by atoms with Crippen molar-refractivity contribution in [1.82, 2.24) is 0 Å². The Morgan fingerprint density at radius 1 is 0.533 bits per heavy atom. The molecule has 6 N–H and O–H groups in total. The van der Waals surface area contributed by atoms with Gasteiger partial charge in [0.1, 0.15) is 0 Å². The first-order valence-corrected chi connectivity index (χ1v) is 9.57. The molecule has 0 saturated heterocycles. The number of para-hydroxylation sites is 2. The van der Waals surface area contributed by atoms with Gasteiger partial charge in [0, 0.05) is 13.1 Å². The molecule has 0 aliphatic rings. The van der Waals surface area contributed by atoms with Crippen LogP contribution < -0.4 is 11.5 Å². The molecule has 0 unspecified atom stereocenters. The van der Waals surface area contributed by atoms with Crippen molar-refractivity contribution in [3.05, 3.63) is 95.1 Å². The van der Waals surface area contributed by atoms with Crippen LogP contribution in [0.2, 0.25) is 0 Å². The van der Waals surface area contributed by atoms with Gasteiger partial charge in [-0.05, 0) is 47.2 Å². The first-order chi connectivity index (χ1) is 13.6. The van der Waals surface area contributed by atoms with E-state index in [4.69, 9.17) is 21.7 Å². The van der Waals surface area contributed by atoms with Crippen LogP contribution in [-0.2, 0) is 25.9 Å². The Balaban J connectivity index is 0. The van der Waals surface area contributed by atoms with Crippen LogP contribution in [0.3, 0.4) is 0 Å². The van der Waals surface area contributed by atoms with Crippen LogP contribution in [0.25, 0.3) is 0 Å². The summed E-state index contributed by atoms with van der Waals surface area (Å²) in [6.07, 6.45) is 2.15. The molecule has 30 heavy (non-hydrogen) atoms. The second-order valence-electron chi connectivity index (χ2n) is 6.14. The minimum Gasteiger partial charge on any atom is -0.504 e. The van der Waals surface area contributed by atoms with Crippen LogP contribution in [0, 0.1) is 0 Å². The average molecular weight is 453 g/mol. The van der Waals surface area contributed by atoms with Gasteiger partial charge in [-0.1, -0.05) is 74.5 Å². The first kappa shape index (κ1) is 30.0. The summed E-state index contributed by atoms with van der Waals surface area (Å²) in [4.78, 5) is 0. The van der Waals surface area contributed by atoms with E-state index >= 15 is 0 Å². The molecule has 4 nitrogen and oxygen atoms in total. The Morgan fingerprint density at radius 3 is 1.00 bits per heavy atom. The number of rotatable bonds is 4. The molecule has 0 aliphatic heterocycles. The lowest BCUT2D eigenvalue weighted by atomic mass is 10.1. The molecular formula is C24H34Cl2N2O2. The molecule has 0 atom stereocenters. The Morgan fingerprint density at radius 2 is 0.800 bits per heavy atom. The minimum atomic E-state index is -0.0764. The summed E-state index contributed by atoms with van der Waals surface area (Å²) in [5.74, 6) is -0.153. The number of halogens is 2. The van der Waals surface area contributed by atoms with Crippen molar-refractivity contribution in [2.75, 3.05) is 0 Å². The summed E-state index contributed by atoms with van der Waals surface area (Å²) in [5.41, 5.74) is 16.3. The number of nitrogens with two attached hydrogens (primary N) is 2. The van der Waals surface area contributed by atoms with Gasteiger partial charge in [0.05, 0.1) is 0 Å². The van der Waals surface area contributed by atoms with Gasteiger partial charge in [0.15, 0.2) is 11.5 Å². The van der Waals surface area contributed by atoms with Gasteiger partial charge in [-0.25, -0.2) is 0 Å². The molecule has 0 bridgehead atoms. The summed E-state index contributed by atoms with van der Waals surface area (Å²) in [7, 11) is 0. The van der Waals surface area contributed by atoms with Crippen molar-refractivity contribution in [2.24, 2.45) is 11.5 Å². The second-order valence-corrected chi connectivity index (χ2v) is 6.14. The van der Waals surface area contributed by atoms with Crippen LogP contribution >= 0.6 is 24.8 Å². The molecule has 0 fully saturated rings. The number of aryl methyl sites for hydroxylation is 2. The highest BCUT2D eigenvalue weighted by Crippen LogP contribution is 2.21. The second kappa shape index (κ2) is 17.6. The first-order valence-electron chi connectivity index (χ1n) is 9.57. The molecule has 0 heterocycles. The smallest absolute Gasteiger partial charge is 0.157 e. The highest BCUT2D eigenvalue weighted by Gasteiger charge is 1.95. The lowest BCUT2D eigenvalue weighted by Crippen LogP contribution is -1.99. The lowest BCUT2D eigenvalue weighted by Gasteiger charge is -2.02. The van der Waals surface area contributed by atoms with Gasteiger partial charge < -0.3 is 21.7 Å². The molecule has 3 aromatic carbocycles. The third-order valence-corrected chi connectivity index (χ3v) is 4.32. The largest absolute Gasteiger partial charge is 0.504 e. The summed E-state index contributed by atoms with van der Waals surface area (Å²) >= 11 is 0. The van der Waals surface area contributed by atoms with E-state index in [2.05, 4.69) is 50.2 Å². The van der Waals surface area contributed by atoms with Gasteiger partial charge in [-0.2, -0.15) is 0 Å². The van der Waals surface area contributed by atoms with Crippen molar-refractivity contribution in [2.45, 2.75) is 39.8 Å². The summed E-state index contributed by atoms with van der Waals surface area (Å²) in [5, 5.41) is 17.3. The zero-order valence-corrected chi connectivity index (χ0v) is 19.3. The molecule has 3 aromatic rings. The number of aromatic hydroxyl groups is 2. The van der Waals surface area contributed by atoms with Crippen molar-refractivity contribution in [1.29, 1.82) is 0 Å². The Bertz CT molecular complexity index is 715. The molecule has 0 amide bonds. The summed E-state index contributed by atoms with van der Waals surface area (Å²) in [6, 6.07) is 22.7. The van der Waals surface area contributed by atoms with Crippen molar-refractivity contribution in [3.8, 4) is 11.5 Å². The van der Waals surface area contributed by atoms with Gasteiger partial charge in [0.25, 0.3) is 0 Å². The van der Waals surface area contributed by atoms with Crippen LogP contribution in [0.5, 0.6) is 11.5 Å². The maximum Gasteiger partial charge on any atom is 0.157 e. The molecule has 166 valence electrons. The van der Waals surface area contributed by atoms with Gasteiger partial charge in [-0.3, -0.25) is 0 Å². The van der Waals surface area contributed by atoms with E-state index in [1.165, 1.54) is 34.4 Å². The maximum absolute atomic E-state index is 8.67. The van der Waals surface area contributed by atoms with E-state index < -0.39 is 0 Å². The summed E-state index contributed by atoms with van der Waals surface area (Å²) < 4.78 is 0. The fraction of sp³-hybridized carbons (Fsp3) is 0.250. The topological polar surface area (TPSA) is 92.5 Å². The van der Waals surface area contributed by atoms with Crippen molar-refractivity contribution < 1.29 is 10.2 Å². The predicted octanol–water partition coefficient (Wildman–Crippen LogP) is 5.36. The zero-order valence-electron chi connectivity index (χ0n) is 17.6. The quantitative estimate of drug-likeness (QED) is 0.401. The molecular weight excluding hydrogens is 419 g/mol. The van der Waals surface area contributed by atoms with E-state index in [9.17, 15) is 0 Å². The van der Waals surface area contributed by atoms with Crippen molar-refractivity contribution >= 4 is 24.8 Å². The molecule has 0 spiro atoms. The maximum atomic E-state index is 8.67. The minimum absolute atomic E-state index is 0. The number of benzene rings is 3. The highest BCUT2D eigenvalue weighted by atomic mass is 35.5. The number of phenolic OH excluding ortho intramolecular Hbond substituents is 2. The van der Waals surface area contributed by atoms with E-state index in [0.717, 1.165) is 12.8 Å². The third kappa shape index (κ3) is 10.5. The lowest BCUT2D eigenvalue weighted by molar-refractivity contribution is 0.404. The standard InChI is InChI=1S/2C9H13N.C6H6O2.2ClH/c2*1-2-8-5-3-4-6-9(8)7-10;7-5-3-1-2-4-6(5)8;;/h2*3-6H,2,7,10H2,1H3;1-4,7-8H;2*1H. The van der Waals surface area contributed by atoms with Crippen LogP contribution in [0.15, 0.2) is 72.8 Å². The SMILES string of the molecule is CCc1ccccc1CN.CCc1ccccc1CN.Cl.Cl.Oc1ccccc1O. The molecule has 0 aromatic heterocycles. The van der Waals surface area contributed by atoms with Gasteiger partial charge >= 0.3 is 0 Å². The fourth-order valence-corrected chi connectivity index (χ4v) is 2.67. The number of hydrogen-bond donors (Lipinski definition) is 4. The van der Waals surface area contributed by atoms with Crippen molar-refractivity contribution in [3.63, 3.8) is 0 Å². The predicted molar refractivity (Wildman–Crippen MR) is 132 cm³/mol. The zero-order chi connectivity index (χ0) is 20.8. The van der Waals surface area contributed by atoms with Crippen LogP contribution in [0.4, 0.5) is 0 Å². The fourth-order valence-electron chi connectivity index (χ4n) is 2.67. The summed E-state index contributed by atoms with van der Waals surface area (Å²) in [6.45, 7) is 5.61. The Kier molecular flexibility index (Phi) is 17.6. The van der Waals surface area contributed by atoms with Gasteiger partial charge in [0.2, 0.25) is 0 Å². The monoisotopic (exact) mass is 452 g/mol. The van der Waals surface area contributed by atoms with E-state index in [1.54, 1.807) is 12.1 Å². The molecule has 0 saturated carbocycles. The highest BCUT2D eigenvalue weighted by molar-refractivity contribution is 5.85. The number of hydrogen-bond acceptors (Lipinski definition) is 4. The number of phenols is 2. The van der Waals surface area contributed by atoms with E-state index in [-0.39, 0.29) is 36.3 Å². The Hall–Kier alpha value is -2.24. The van der Waals surface area contributed by atoms with E-state index in [0.29, 0.717) is 13.1 Å². The average Bonchev–Trinajstić information content (AvgIpc) is 2.76. The van der Waals surface area contributed by atoms with Crippen LogP contribution in [0.1, 0.15) is 36.1 Å². The molecule has 6 heteroatoms. The van der Waals surface area contributed by atoms with Gasteiger partial charge in [-0.15, -0.1) is 24.8 Å². The molecule has 0 radical (unpaired) electrons. The molecule has 3 rings (SSSR count). The Labute approximate surface area is 192 Å². The van der Waals surface area contributed by atoms with E-state index in [1.807, 2.05) is 12.1 Å². The normalized spacial score (nSPS) is 8.93. The van der Waals surface area contributed by atoms with Crippen LogP contribution in [-0.4, -0.2) is 10.2 Å². The third-order valence-electron chi connectivity index (χ3n) is 4.32. The molecule has 0 aliphatic carbocycles.